The zero-order valence-electron chi connectivity index (χ0n) is 11.6. The Morgan fingerprint density at radius 1 is 1.26 bits per heavy atom. The molecule has 0 fully saturated rings. The number of rotatable bonds is 5. The number of aryl methyl sites for hydroxylation is 1. The first-order valence-electron chi connectivity index (χ1n) is 6.59. The van der Waals surface area contributed by atoms with Gasteiger partial charge in [0.15, 0.2) is 0 Å². The van der Waals surface area contributed by atoms with E-state index in [9.17, 15) is 0 Å². The van der Waals surface area contributed by atoms with Crippen molar-refractivity contribution in [3.8, 4) is 0 Å². The molecule has 1 aromatic carbocycles. The summed E-state index contributed by atoms with van der Waals surface area (Å²) in [5, 5.41) is 5.83. The Bertz CT molecular complexity index is 520. The quantitative estimate of drug-likeness (QED) is 0.779. The fraction of sp³-hybridized carbons (Fsp3) is 0.375. The van der Waals surface area contributed by atoms with Crippen LogP contribution in [0.4, 0.5) is 0 Å². The highest BCUT2D eigenvalue weighted by molar-refractivity contribution is 9.10. The molecule has 0 saturated carbocycles. The van der Waals surface area contributed by atoms with E-state index in [1.54, 1.807) is 0 Å². The van der Waals surface area contributed by atoms with E-state index in [1.807, 2.05) is 11.3 Å². The van der Waals surface area contributed by atoms with Gasteiger partial charge in [0.05, 0.1) is 0 Å². The Labute approximate surface area is 128 Å². The molecule has 2 rings (SSSR count). The molecule has 19 heavy (non-hydrogen) atoms. The van der Waals surface area contributed by atoms with E-state index >= 15 is 0 Å². The van der Waals surface area contributed by atoms with Crippen molar-refractivity contribution in [1.29, 1.82) is 0 Å². The molecule has 0 saturated heterocycles. The molecule has 0 radical (unpaired) electrons. The van der Waals surface area contributed by atoms with Crippen molar-refractivity contribution >= 4 is 27.3 Å². The van der Waals surface area contributed by atoms with Crippen LogP contribution in [-0.4, -0.2) is 0 Å². The van der Waals surface area contributed by atoms with Gasteiger partial charge >= 0.3 is 0 Å². The van der Waals surface area contributed by atoms with Gasteiger partial charge in [-0.2, -0.15) is 0 Å². The number of nitrogens with one attached hydrogen (secondary N) is 1. The maximum atomic E-state index is 3.68. The monoisotopic (exact) mass is 337 g/mol. The topological polar surface area (TPSA) is 12.0 Å². The molecular formula is C16H20BrNS. The predicted octanol–water partition coefficient (Wildman–Crippen LogP) is 5.31. The molecule has 1 aromatic heterocycles. The molecule has 1 nitrogen and oxygen atoms in total. The number of benzene rings is 1. The molecule has 1 atom stereocenters. The molecule has 1 N–H and O–H groups in total. The molecule has 1 unspecified atom stereocenters. The lowest BCUT2D eigenvalue weighted by molar-refractivity contribution is 0.416. The van der Waals surface area contributed by atoms with Crippen molar-refractivity contribution in [3.05, 3.63) is 56.2 Å². The van der Waals surface area contributed by atoms with Crippen LogP contribution in [0.1, 0.15) is 35.9 Å². The lowest BCUT2D eigenvalue weighted by Crippen LogP contribution is -2.24. The Morgan fingerprint density at radius 3 is 2.63 bits per heavy atom. The number of thiophene rings is 1. The smallest absolute Gasteiger partial charge is 0.0440 e. The van der Waals surface area contributed by atoms with Crippen LogP contribution in [0.2, 0.25) is 0 Å². The summed E-state index contributed by atoms with van der Waals surface area (Å²) in [4.78, 5) is 1.42. The van der Waals surface area contributed by atoms with Crippen molar-refractivity contribution in [3.63, 3.8) is 0 Å². The number of hydrogen-bond donors (Lipinski definition) is 1. The van der Waals surface area contributed by atoms with E-state index < -0.39 is 0 Å². The van der Waals surface area contributed by atoms with Crippen LogP contribution < -0.4 is 5.32 Å². The van der Waals surface area contributed by atoms with E-state index in [0.717, 1.165) is 6.54 Å². The van der Waals surface area contributed by atoms with Gasteiger partial charge in [-0.05, 0) is 41.5 Å². The lowest BCUT2D eigenvalue weighted by atomic mass is 10.0. The molecule has 0 bridgehead atoms. The van der Waals surface area contributed by atoms with Gasteiger partial charge in [0, 0.05) is 21.9 Å². The molecule has 3 heteroatoms. The van der Waals surface area contributed by atoms with Gasteiger partial charge < -0.3 is 5.32 Å². The molecule has 0 spiro atoms. The lowest BCUT2D eigenvalue weighted by Gasteiger charge is -2.21. The Kier molecular flexibility index (Phi) is 5.20. The normalized spacial score (nSPS) is 12.9. The van der Waals surface area contributed by atoms with Gasteiger partial charge in [0.2, 0.25) is 0 Å². The van der Waals surface area contributed by atoms with Crippen LogP contribution in [-0.2, 0) is 6.54 Å². The predicted molar refractivity (Wildman–Crippen MR) is 87.6 cm³/mol. The van der Waals surface area contributed by atoms with E-state index in [-0.39, 0.29) is 0 Å². The maximum Gasteiger partial charge on any atom is 0.0440 e. The van der Waals surface area contributed by atoms with Crippen LogP contribution in [0, 0.1) is 12.8 Å². The molecule has 0 aliphatic carbocycles. The van der Waals surface area contributed by atoms with Crippen molar-refractivity contribution in [2.75, 3.05) is 0 Å². The van der Waals surface area contributed by atoms with Gasteiger partial charge in [-0.15, -0.1) is 11.3 Å². The van der Waals surface area contributed by atoms with Crippen LogP contribution in [0.3, 0.4) is 0 Å². The summed E-state index contributed by atoms with van der Waals surface area (Å²) in [5.74, 6) is 0.586. The fourth-order valence-corrected chi connectivity index (χ4v) is 3.76. The van der Waals surface area contributed by atoms with Gasteiger partial charge in [-0.3, -0.25) is 0 Å². The summed E-state index contributed by atoms with van der Waals surface area (Å²) in [5.41, 5.74) is 2.60. The summed E-state index contributed by atoms with van der Waals surface area (Å²) in [6.07, 6.45) is 0. The van der Waals surface area contributed by atoms with Gasteiger partial charge in [-0.1, -0.05) is 48.0 Å². The highest BCUT2D eigenvalue weighted by Gasteiger charge is 2.16. The van der Waals surface area contributed by atoms with Crippen molar-refractivity contribution in [2.24, 2.45) is 5.92 Å². The Morgan fingerprint density at radius 2 is 2.05 bits per heavy atom. The molecule has 0 aliphatic rings. The third kappa shape index (κ3) is 3.91. The first-order chi connectivity index (χ1) is 9.08. The number of hydrogen-bond acceptors (Lipinski definition) is 2. The second kappa shape index (κ2) is 6.69. The summed E-state index contributed by atoms with van der Waals surface area (Å²) in [6.45, 7) is 7.54. The standard InChI is InChI=1S/C16H20BrNS/c1-11(2)16(15-5-4-8-19-15)18-10-13-7-6-12(3)9-14(13)17/h4-9,11,16,18H,10H2,1-3H3. The summed E-state index contributed by atoms with van der Waals surface area (Å²) in [6, 6.07) is 11.3. The summed E-state index contributed by atoms with van der Waals surface area (Å²) in [7, 11) is 0. The second-order valence-electron chi connectivity index (χ2n) is 5.21. The fourth-order valence-electron chi connectivity index (χ4n) is 2.15. The van der Waals surface area contributed by atoms with Gasteiger partial charge in [-0.25, -0.2) is 0 Å². The number of halogens is 1. The molecule has 102 valence electrons. The van der Waals surface area contributed by atoms with E-state index in [0.29, 0.717) is 12.0 Å². The van der Waals surface area contributed by atoms with Crippen molar-refractivity contribution in [1.82, 2.24) is 5.32 Å². The van der Waals surface area contributed by atoms with Crippen LogP contribution >= 0.6 is 27.3 Å². The van der Waals surface area contributed by atoms with Crippen LogP contribution in [0.5, 0.6) is 0 Å². The van der Waals surface area contributed by atoms with Crippen LogP contribution in [0.15, 0.2) is 40.2 Å². The minimum absolute atomic E-state index is 0.424. The largest absolute Gasteiger partial charge is 0.305 e. The first kappa shape index (κ1) is 14.8. The van der Waals surface area contributed by atoms with Gasteiger partial charge in [0.1, 0.15) is 0 Å². The Hall–Kier alpha value is -0.640. The maximum absolute atomic E-state index is 3.68. The minimum atomic E-state index is 0.424. The van der Waals surface area contributed by atoms with E-state index in [2.05, 4.69) is 77.7 Å². The van der Waals surface area contributed by atoms with E-state index in [4.69, 9.17) is 0 Å². The third-order valence-electron chi connectivity index (χ3n) is 3.24. The molecule has 0 aliphatic heterocycles. The second-order valence-corrected chi connectivity index (χ2v) is 7.05. The zero-order chi connectivity index (χ0) is 13.8. The van der Waals surface area contributed by atoms with Crippen molar-refractivity contribution in [2.45, 2.75) is 33.4 Å². The molecule has 2 aromatic rings. The molecule has 0 amide bonds. The van der Waals surface area contributed by atoms with E-state index in [1.165, 1.54) is 20.5 Å². The highest BCUT2D eigenvalue weighted by Crippen LogP contribution is 2.27. The van der Waals surface area contributed by atoms with Crippen molar-refractivity contribution < 1.29 is 0 Å². The van der Waals surface area contributed by atoms with Crippen LogP contribution in [0.25, 0.3) is 0 Å². The molecular weight excluding hydrogens is 318 g/mol. The summed E-state index contributed by atoms with van der Waals surface area (Å²) >= 11 is 5.47. The third-order valence-corrected chi connectivity index (χ3v) is 4.93. The SMILES string of the molecule is Cc1ccc(CNC(c2cccs2)C(C)C)c(Br)c1. The first-order valence-corrected chi connectivity index (χ1v) is 8.27. The Balaban J connectivity index is 2.07. The van der Waals surface area contributed by atoms with Gasteiger partial charge in [0.25, 0.3) is 0 Å². The average Bonchev–Trinajstić information content (AvgIpc) is 2.85. The molecule has 1 heterocycles. The minimum Gasteiger partial charge on any atom is -0.305 e. The summed E-state index contributed by atoms with van der Waals surface area (Å²) < 4.78 is 1.19. The highest BCUT2D eigenvalue weighted by atomic mass is 79.9. The zero-order valence-corrected chi connectivity index (χ0v) is 14.0. The average molecular weight is 338 g/mol.